The molecule has 1 aromatic rings. The Morgan fingerprint density at radius 1 is 1.50 bits per heavy atom. The second-order valence-corrected chi connectivity index (χ2v) is 3.35. The van der Waals surface area contributed by atoms with Crippen molar-refractivity contribution in [3.8, 4) is 5.75 Å². The Morgan fingerprint density at radius 3 is 2.79 bits per heavy atom. The van der Waals surface area contributed by atoms with Gasteiger partial charge in [0.05, 0.1) is 6.61 Å². The van der Waals surface area contributed by atoms with Crippen LogP contribution in [0.3, 0.4) is 0 Å². The summed E-state index contributed by atoms with van der Waals surface area (Å²) in [5, 5.41) is 8.69. The van der Waals surface area contributed by atoms with Gasteiger partial charge in [-0.05, 0) is 19.4 Å². The van der Waals surface area contributed by atoms with Crippen molar-refractivity contribution in [2.75, 3.05) is 13.2 Å². The third-order valence-corrected chi connectivity index (χ3v) is 2.07. The third-order valence-electron chi connectivity index (χ3n) is 2.07. The highest BCUT2D eigenvalue weighted by Crippen LogP contribution is 2.27. The van der Waals surface area contributed by atoms with Crippen LogP contribution in [0.15, 0.2) is 18.2 Å². The lowest BCUT2D eigenvalue weighted by molar-refractivity contribution is 0.199. The molecular formula is C11H17NO2. The molecule has 0 fully saturated rings. The molecule has 0 radical (unpaired) electrons. The number of rotatable bonds is 4. The molecule has 0 saturated heterocycles. The van der Waals surface area contributed by atoms with Gasteiger partial charge in [-0.15, -0.1) is 0 Å². The molecule has 1 atom stereocenters. The first-order valence-corrected chi connectivity index (χ1v) is 4.75. The van der Waals surface area contributed by atoms with Gasteiger partial charge in [0.25, 0.3) is 0 Å². The molecule has 3 nitrogen and oxygen atoms in total. The number of hydrogen-bond donors (Lipinski definition) is 2. The summed E-state index contributed by atoms with van der Waals surface area (Å²) in [5.74, 6) is 0.802. The summed E-state index contributed by atoms with van der Waals surface area (Å²) >= 11 is 0. The number of aryl methyl sites for hydroxylation is 1. The van der Waals surface area contributed by atoms with Gasteiger partial charge in [-0.25, -0.2) is 0 Å². The number of nitrogens with two attached hydrogens (primary N) is 1. The average Bonchev–Trinajstić information content (AvgIpc) is 2.15. The van der Waals surface area contributed by atoms with Gasteiger partial charge in [-0.3, -0.25) is 0 Å². The summed E-state index contributed by atoms with van der Waals surface area (Å²) in [6.07, 6.45) is 0. The van der Waals surface area contributed by atoms with Gasteiger partial charge in [0.15, 0.2) is 0 Å². The minimum atomic E-state index is -0.0522. The molecule has 0 saturated carbocycles. The first kappa shape index (κ1) is 11.0. The fraction of sp³-hybridized carbons (Fsp3) is 0.455. The molecule has 1 rings (SSSR count). The van der Waals surface area contributed by atoms with E-state index in [0.717, 1.165) is 16.9 Å². The second kappa shape index (κ2) is 4.98. The molecular weight excluding hydrogens is 178 g/mol. The van der Waals surface area contributed by atoms with E-state index in [-0.39, 0.29) is 12.6 Å². The monoisotopic (exact) mass is 195 g/mol. The minimum Gasteiger partial charge on any atom is -0.491 e. The molecule has 0 aliphatic rings. The molecule has 0 spiro atoms. The normalized spacial score (nSPS) is 12.6. The molecule has 1 aromatic carbocycles. The van der Waals surface area contributed by atoms with E-state index in [2.05, 4.69) is 0 Å². The Balaban J connectivity index is 2.96. The first-order chi connectivity index (χ1) is 6.66. The number of ether oxygens (including phenoxy) is 1. The van der Waals surface area contributed by atoms with Gasteiger partial charge in [0, 0.05) is 11.6 Å². The summed E-state index contributed by atoms with van der Waals surface area (Å²) in [4.78, 5) is 0. The van der Waals surface area contributed by atoms with Crippen molar-refractivity contribution in [2.45, 2.75) is 19.9 Å². The van der Waals surface area contributed by atoms with E-state index in [1.807, 2.05) is 32.0 Å². The van der Waals surface area contributed by atoms with Crippen LogP contribution in [-0.2, 0) is 0 Å². The number of para-hydroxylation sites is 1. The van der Waals surface area contributed by atoms with Crippen molar-refractivity contribution in [3.05, 3.63) is 29.3 Å². The largest absolute Gasteiger partial charge is 0.491 e. The van der Waals surface area contributed by atoms with Crippen molar-refractivity contribution in [2.24, 2.45) is 5.73 Å². The standard InChI is InChI=1S/C11H17NO2/c1-8-4-3-5-10(9(2)12)11(8)14-7-6-13/h3-5,9,13H,6-7,12H2,1-2H3. The highest BCUT2D eigenvalue weighted by molar-refractivity contribution is 5.42. The minimum absolute atomic E-state index is 0.0206. The molecule has 3 N–H and O–H groups in total. The van der Waals surface area contributed by atoms with Crippen LogP contribution in [0, 0.1) is 6.92 Å². The summed E-state index contributed by atoms with van der Waals surface area (Å²) < 4.78 is 5.45. The lowest BCUT2D eigenvalue weighted by Crippen LogP contribution is -2.10. The van der Waals surface area contributed by atoms with Crippen LogP contribution in [0.2, 0.25) is 0 Å². The molecule has 1 unspecified atom stereocenters. The zero-order valence-corrected chi connectivity index (χ0v) is 8.66. The molecule has 0 aliphatic carbocycles. The first-order valence-electron chi connectivity index (χ1n) is 4.75. The van der Waals surface area contributed by atoms with Gasteiger partial charge < -0.3 is 15.6 Å². The van der Waals surface area contributed by atoms with Crippen molar-refractivity contribution < 1.29 is 9.84 Å². The predicted molar refractivity (Wildman–Crippen MR) is 56.4 cm³/mol. The number of hydrogen-bond acceptors (Lipinski definition) is 3. The quantitative estimate of drug-likeness (QED) is 0.763. The van der Waals surface area contributed by atoms with Crippen LogP contribution in [0.1, 0.15) is 24.1 Å². The van der Waals surface area contributed by atoms with Crippen LogP contribution in [0.5, 0.6) is 5.75 Å². The Labute approximate surface area is 84.5 Å². The summed E-state index contributed by atoms with van der Waals surface area (Å²) in [5.41, 5.74) is 7.85. The van der Waals surface area contributed by atoms with Crippen molar-refractivity contribution in [1.82, 2.24) is 0 Å². The lowest BCUT2D eigenvalue weighted by Gasteiger charge is -2.15. The summed E-state index contributed by atoms with van der Waals surface area (Å²) in [6.45, 7) is 4.22. The third kappa shape index (κ3) is 2.47. The molecule has 0 aromatic heterocycles. The number of aliphatic hydroxyl groups excluding tert-OH is 1. The van der Waals surface area contributed by atoms with Crippen LogP contribution >= 0.6 is 0 Å². The summed E-state index contributed by atoms with van der Waals surface area (Å²) in [6, 6.07) is 5.83. The molecule has 3 heteroatoms. The van der Waals surface area contributed by atoms with Crippen molar-refractivity contribution >= 4 is 0 Å². The van der Waals surface area contributed by atoms with E-state index in [0.29, 0.717) is 6.61 Å². The van der Waals surface area contributed by atoms with Crippen LogP contribution in [0.25, 0.3) is 0 Å². The Hall–Kier alpha value is -1.06. The molecule has 0 amide bonds. The van der Waals surface area contributed by atoms with E-state index < -0.39 is 0 Å². The molecule has 0 heterocycles. The Morgan fingerprint density at radius 2 is 2.21 bits per heavy atom. The molecule has 0 bridgehead atoms. The van der Waals surface area contributed by atoms with E-state index in [1.54, 1.807) is 0 Å². The molecule has 14 heavy (non-hydrogen) atoms. The highest BCUT2D eigenvalue weighted by Gasteiger charge is 2.09. The van der Waals surface area contributed by atoms with Crippen LogP contribution in [0.4, 0.5) is 0 Å². The average molecular weight is 195 g/mol. The zero-order chi connectivity index (χ0) is 10.6. The van der Waals surface area contributed by atoms with Gasteiger partial charge in [-0.2, -0.15) is 0 Å². The SMILES string of the molecule is Cc1cccc(C(C)N)c1OCCO. The van der Waals surface area contributed by atoms with Crippen molar-refractivity contribution in [1.29, 1.82) is 0 Å². The molecule has 0 aliphatic heterocycles. The zero-order valence-electron chi connectivity index (χ0n) is 8.66. The fourth-order valence-corrected chi connectivity index (χ4v) is 1.38. The van der Waals surface area contributed by atoms with Crippen molar-refractivity contribution in [3.63, 3.8) is 0 Å². The maximum absolute atomic E-state index is 8.69. The van der Waals surface area contributed by atoms with Gasteiger partial charge >= 0.3 is 0 Å². The van der Waals surface area contributed by atoms with Gasteiger partial charge in [-0.1, -0.05) is 18.2 Å². The Kier molecular flexibility index (Phi) is 3.92. The highest BCUT2D eigenvalue weighted by atomic mass is 16.5. The number of benzene rings is 1. The topological polar surface area (TPSA) is 55.5 Å². The van der Waals surface area contributed by atoms with Crippen LogP contribution in [-0.4, -0.2) is 18.3 Å². The lowest BCUT2D eigenvalue weighted by atomic mass is 10.0. The predicted octanol–water partition coefficient (Wildman–Crippen LogP) is 1.39. The fourth-order valence-electron chi connectivity index (χ4n) is 1.38. The van der Waals surface area contributed by atoms with Gasteiger partial charge in [0.2, 0.25) is 0 Å². The van der Waals surface area contributed by atoms with E-state index >= 15 is 0 Å². The van der Waals surface area contributed by atoms with E-state index in [4.69, 9.17) is 15.6 Å². The summed E-state index contributed by atoms with van der Waals surface area (Å²) in [7, 11) is 0. The van der Waals surface area contributed by atoms with Gasteiger partial charge in [0.1, 0.15) is 12.4 Å². The van der Waals surface area contributed by atoms with Crippen LogP contribution < -0.4 is 10.5 Å². The second-order valence-electron chi connectivity index (χ2n) is 3.35. The van der Waals surface area contributed by atoms with E-state index in [1.165, 1.54) is 0 Å². The molecule has 78 valence electrons. The maximum Gasteiger partial charge on any atom is 0.127 e. The maximum atomic E-state index is 8.69. The number of aliphatic hydroxyl groups is 1. The van der Waals surface area contributed by atoms with E-state index in [9.17, 15) is 0 Å². The smallest absolute Gasteiger partial charge is 0.127 e. The Bertz CT molecular complexity index is 297.